The van der Waals surface area contributed by atoms with Crippen molar-refractivity contribution in [1.29, 1.82) is 0 Å². The standard InChI is InChI=1S/C12H22N2O6S/c1-19-10(15)6-9-13-21(17,18)14-12(11(16)20-2)7-4-3-5-8-12/h13-14H,3-9H2,1-2H3. The van der Waals surface area contributed by atoms with Gasteiger partial charge in [0.15, 0.2) is 0 Å². The summed E-state index contributed by atoms with van der Waals surface area (Å²) in [6.45, 7) is -0.0980. The second-order valence-electron chi connectivity index (χ2n) is 4.96. The van der Waals surface area contributed by atoms with Gasteiger partial charge in [-0.25, -0.2) is 4.72 Å². The van der Waals surface area contributed by atoms with Gasteiger partial charge in [-0.2, -0.15) is 13.1 Å². The van der Waals surface area contributed by atoms with Crippen LogP contribution in [0.2, 0.25) is 0 Å². The maximum Gasteiger partial charge on any atom is 0.327 e. The molecule has 0 atom stereocenters. The highest BCUT2D eigenvalue weighted by Gasteiger charge is 2.43. The topological polar surface area (TPSA) is 111 Å². The summed E-state index contributed by atoms with van der Waals surface area (Å²) in [6, 6.07) is 0. The van der Waals surface area contributed by atoms with Crippen molar-refractivity contribution in [3.63, 3.8) is 0 Å². The predicted octanol–water partition coefficient (Wildman–Crippen LogP) is -0.151. The molecule has 0 aromatic carbocycles. The van der Waals surface area contributed by atoms with Gasteiger partial charge < -0.3 is 9.47 Å². The van der Waals surface area contributed by atoms with Gasteiger partial charge >= 0.3 is 11.9 Å². The summed E-state index contributed by atoms with van der Waals surface area (Å²) in [7, 11) is -1.45. The maximum absolute atomic E-state index is 12.0. The Morgan fingerprint density at radius 2 is 1.71 bits per heavy atom. The van der Waals surface area contributed by atoms with Gasteiger partial charge in [0.25, 0.3) is 10.2 Å². The molecule has 0 heterocycles. The van der Waals surface area contributed by atoms with Crippen LogP contribution in [0.4, 0.5) is 0 Å². The van der Waals surface area contributed by atoms with Gasteiger partial charge in [0, 0.05) is 6.54 Å². The predicted molar refractivity (Wildman–Crippen MR) is 74.5 cm³/mol. The number of hydrogen-bond acceptors (Lipinski definition) is 6. The van der Waals surface area contributed by atoms with Crippen LogP contribution in [0.25, 0.3) is 0 Å². The second-order valence-corrected chi connectivity index (χ2v) is 6.46. The molecule has 1 fully saturated rings. The van der Waals surface area contributed by atoms with Crippen LogP contribution in [0, 0.1) is 0 Å². The molecule has 8 nitrogen and oxygen atoms in total. The summed E-state index contributed by atoms with van der Waals surface area (Å²) < 4.78 is 37.8. The van der Waals surface area contributed by atoms with E-state index in [4.69, 9.17) is 4.74 Å². The van der Waals surface area contributed by atoms with Crippen LogP contribution < -0.4 is 9.44 Å². The maximum atomic E-state index is 12.0. The number of ether oxygens (including phenoxy) is 2. The van der Waals surface area contributed by atoms with Gasteiger partial charge in [0.05, 0.1) is 20.6 Å². The third-order valence-corrected chi connectivity index (χ3v) is 4.71. The zero-order valence-electron chi connectivity index (χ0n) is 12.3. The minimum atomic E-state index is -3.91. The number of carbonyl (C=O) groups excluding carboxylic acids is 2. The quantitative estimate of drug-likeness (QED) is 0.631. The molecule has 0 saturated heterocycles. The van der Waals surface area contributed by atoms with E-state index in [9.17, 15) is 18.0 Å². The van der Waals surface area contributed by atoms with Crippen LogP contribution in [-0.2, 0) is 29.3 Å². The lowest BCUT2D eigenvalue weighted by Crippen LogP contribution is -2.58. The summed E-state index contributed by atoms with van der Waals surface area (Å²) in [5, 5.41) is 0. The molecule has 0 aromatic heterocycles. The van der Waals surface area contributed by atoms with Crippen molar-refractivity contribution in [2.75, 3.05) is 20.8 Å². The van der Waals surface area contributed by atoms with E-state index in [0.717, 1.165) is 19.3 Å². The minimum Gasteiger partial charge on any atom is -0.469 e. The molecular weight excluding hydrogens is 300 g/mol. The number of esters is 2. The molecule has 1 rings (SSSR count). The Bertz CT molecular complexity index is 470. The van der Waals surface area contributed by atoms with Crippen molar-refractivity contribution in [3.8, 4) is 0 Å². The molecule has 9 heteroatoms. The van der Waals surface area contributed by atoms with E-state index < -0.39 is 27.7 Å². The number of nitrogens with one attached hydrogen (secondary N) is 2. The van der Waals surface area contributed by atoms with Crippen LogP contribution in [0.5, 0.6) is 0 Å². The van der Waals surface area contributed by atoms with E-state index in [1.807, 2.05) is 0 Å². The smallest absolute Gasteiger partial charge is 0.327 e. The Hall–Kier alpha value is -1.19. The van der Waals surface area contributed by atoms with Crippen LogP contribution >= 0.6 is 0 Å². The van der Waals surface area contributed by atoms with Crippen molar-refractivity contribution in [2.24, 2.45) is 0 Å². The molecule has 1 aliphatic carbocycles. The van der Waals surface area contributed by atoms with Gasteiger partial charge in [-0.1, -0.05) is 19.3 Å². The fraction of sp³-hybridized carbons (Fsp3) is 0.833. The molecule has 0 spiro atoms. The molecule has 1 aliphatic rings. The number of carbonyl (C=O) groups is 2. The summed E-state index contributed by atoms with van der Waals surface area (Å²) in [6.07, 6.45) is 3.17. The summed E-state index contributed by atoms with van der Waals surface area (Å²) in [5.41, 5.74) is -1.22. The molecule has 0 bridgehead atoms. The zero-order valence-corrected chi connectivity index (χ0v) is 13.1. The lowest BCUT2D eigenvalue weighted by Gasteiger charge is -2.34. The molecule has 0 radical (unpaired) electrons. The van der Waals surface area contributed by atoms with E-state index in [0.29, 0.717) is 12.8 Å². The summed E-state index contributed by atoms with van der Waals surface area (Å²) >= 11 is 0. The monoisotopic (exact) mass is 322 g/mol. The molecular formula is C12H22N2O6S. The van der Waals surface area contributed by atoms with Crippen molar-refractivity contribution in [1.82, 2.24) is 9.44 Å². The van der Waals surface area contributed by atoms with Crippen molar-refractivity contribution < 1.29 is 27.5 Å². The summed E-state index contributed by atoms with van der Waals surface area (Å²) in [4.78, 5) is 22.9. The Balaban J connectivity index is 2.68. The normalized spacial score (nSPS) is 18.0. The Labute approximate surface area is 124 Å². The van der Waals surface area contributed by atoms with E-state index in [-0.39, 0.29) is 13.0 Å². The fourth-order valence-corrected chi connectivity index (χ4v) is 3.63. The first-order valence-electron chi connectivity index (χ1n) is 6.79. The van der Waals surface area contributed by atoms with Crippen molar-refractivity contribution in [2.45, 2.75) is 44.1 Å². The Kier molecular flexibility index (Phi) is 6.56. The Morgan fingerprint density at radius 3 is 2.24 bits per heavy atom. The Morgan fingerprint density at radius 1 is 1.10 bits per heavy atom. The largest absolute Gasteiger partial charge is 0.469 e. The van der Waals surface area contributed by atoms with E-state index >= 15 is 0 Å². The average Bonchev–Trinajstić information content (AvgIpc) is 2.46. The number of methoxy groups -OCH3 is 2. The average molecular weight is 322 g/mol. The second kappa shape index (κ2) is 7.71. The van der Waals surface area contributed by atoms with Gasteiger partial charge in [0.1, 0.15) is 5.54 Å². The van der Waals surface area contributed by atoms with E-state index in [2.05, 4.69) is 14.2 Å². The van der Waals surface area contributed by atoms with Crippen LogP contribution in [-0.4, -0.2) is 46.7 Å². The summed E-state index contributed by atoms with van der Waals surface area (Å²) in [5.74, 6) is -1.10. The minimum absolute atomic E-state index is 0.0807. The first-order chi connectivity index (χ1) is 9.85. The molecule has 0 aromatic rings. The van der Waals surface area contributed by atoms with Gasteiger partial charge in [-0.15, -0.1) is 0 Å². The van der Waals surface area contributed by atoms with E-state index in [1.165, 1.54) is 14.2 Å². The number of hydrogen-bond donors (Lipinski definition) is 2. The van der Waals surface area contributed by atoms with E-state index in [1.54, 1.807) is 0 Å². The lowest BCUT2D eigenvalue weighted by atomic mass is 9.83. The third kappa shape index (κ3) is 5.25. The van der Waals surface area contributed by atoms with Gasteiger partial charge in [-0.3, -0.25) is 9.59 Å². The highest BCUT2D eigenvalue weighted by atomic mass is 32.2. The van der Waals surface area contributed by atoms with Crippen LogP contribution in [0.3, 0.4) is 0 Å². The van der Waals surface area contributed by atoms with Crippen molar-refractivity contribution >= 4 is 22.1 Å². The molecule has 0 amide bonds. The SMILES string of the molecule is COC(=O)CCNS(=O)(=O)NC1(C(=O)OC)CCCCC1. The fourth-order valence-electron chi connectivity index (χ4n) is 2.38. The number of rotatable bonds is 7. The molecule has 0 unspecified atom stereocenters. The van der Waals surface area contributed by atoms with Crippen LogP contribution in [0.15, 0.2) is 0 Å². The zero-order chi connectivity index (χ0) is 15.9. The molecule has 2 N–H and O–H groups in total. The first-order valence-corrected chi connectivity index (χ1v) is 8.27. The molecule has 21 heavy (non-hydrogen) atoms. The third-order valence-electron chi connectivity index (χ3n) is 3.46. The van der Waals surface area contributed by atoms with Gasteiger partial charge in [-0.05, 0) is 12.8 Å². The van der Waals surface area contributed by atoms with Gasteiger partial charge in [0.2, 0.25) is 0 Å². The van der Waals surface area contributed by atoms with Crippen LogP contribution in [0.1, 0.15) is 38.5 Å². The molecule has 0 aliphatic heterocycles. The molecule has 122 valence electrons. The highest BCUT2D eigenvalue weighted by Crippen LogP contribution is 2.29. The highest BCUT2D eigenvalue weighted by molar-refractivity contribution is 7.87. The molecule has 1 saturated carbocycles. The van der Waals surface area contributed by atoms with Crippen molar-refractivity contribution in [3.05, 3.63) is 0 Å². The first kappa shape index (κ1) is 17.9. The lowest BCUT2D eigenvalue weighted by molar-refractivity contribution is -0.149.